The number of para-hydroxylation sites is 1. The molecule has 15 heavy (non-hydrogen) atoms. The van der Waals surface area contributed by atoms with Crippen molar-refractivity contribution in [1.82, 2.24) is 5.32 Å². The van der Waals surface area contributed by atoms with Crippen LogP contribution in [0, 0.1) is 6.92 Å². The van der Waals surface area contributed by atoms with Crippen LogP contribution in [0.4, 0.5) is 11.4 Å². The summed E-state index contributed by atoms with van der Waals surface area (Å²) in [5.74, 6) is 0. The molecule has 1 aliphatic heterocycles. The summed E-state index contributed by atoms with van der Waals surface area (Å²) < 4.78 is 5.01. The van der Waals surface area contributed by atoms with Gasteiger partial charge in [-0.15, -0.1) is 0 Å². The molecule has 1 aliphatic rings. The summed E-state index contributed by atoms with van der Waals surface area (Å²) >= 11 is 0. The number of aryl methyl sites for hydroxylation is 1. The zero-order valence-corrected chi connectivity index (χ0v) is 9.12. The average molecular weight is 209 g/mol. The molecule has 4 nitrogen and oxygen atoms in total. The summed E-state index contributed by atoms with van der Waals surface area (Å²) in [7, 11) is 0. The van der Waals surface area contributed by atoms with E-state index in [0.29, 0.717) is 11.4 Å². The Morgan fingerprint density at radius 1 is 1.20 bits per heavy atom. The van der Waals surface area contributed by atoms with E-state index in [-0.39, 0.29) is 0 Å². The molecule has 1 aromatic carbocycles. The van der Waals surface area contributed by atoms with Gasteiger partial charge in [-0.2, -0.15) is 0 Å². The lowest BCUT2D eigenvalue weighted by molar-refractivity contribution is 0.109. The quantitative estimate of drug-likeness (QED) is 0.552. The second kappa shape index (κ2) is 6.27. The number of nitrogen functional groups attached to an aromatic ring is 2. The molecule has 2 rings (SSSR count). The fourth-order valence-electron chi connectivity index (χ4n) is 1.22. The van der Waals surface area contributed by atoms with Crippen LogP contribution in [-0.2, 0) is 4.74 Å². The van der Waals surface area contributed by atoms with Crippen LogP contribution in [0.15, 0.2) is 18.2 Å². The average Bonchev–Trinajstić information content (AvgIpc) is 2.29. The number of benzene rings is 1. The van der Waals surface area contributed by atoms with Crippen LogP contribution < -0.4 is 16.8 Å². The van der Waals surface area contributed by atoms with Gasteiger partial charge in [0.15, 0.2) is 0 Å². The summed E-state index contributed by atoms with van der Waals surface area (Å²) in [5.41, 5.74) is 13.4. The van der Waals surface area contributed by atoms with Gasteiger partial charge in [0.05, 0.1) is 24.6 Å². The Hall–Kier alpha value is -1.26. The molecule has 0 bridgehead atoms. The van der Waals surface area contributed by atoms with Crippen LogP contribution in [0.2, 0.25) is 0 Å². The van der Waals surface area contributed by atoms with Gasteiger partial charge in [-0.05, 0) is 18.6 Å². The Kier molecular flexibility index (Phi) is 4.93. The zero-order valence-electron chi connectivity index (χ0n) is 9.12. The Balaban J connectivity index is 0.000000162. The van der Waals surface area contributed by atoms with Crippen molar-refractivity contribution in [2.24, 2.45) is 0 Å². The van der Waals surface area contributed by atoms with E-state index in [4.69, 9.17) is 16.2 Å². The molecule has 1 saturated heterocycles. The lowest BCUT2D eigenvalue weighted by Gasteiger charge is -2.10. The van der Waals surface area contributed by atoms with E-state index >= 15 is 0 Å². The largest absolute Gasteiger partial charge is 0.397 e. The van der Waals surface area contributed by atoms with Crippen LogP contribution in [-0.4, -0.2) is 26.3 Å². The first-order valence-corrected chi connectivity index (χ1v) is 5.11. The molecule has 0 amide bonds. The number of hydrogen-bond donors (Lipinski definition) is 3. The molecule has 1 fully saturated rings. The number of rotatable bonds is 0. The minimum absolute atomic E-state index is 0.662. The monoisotopic (exact) mass is 209 g/mol. The summed E-state index contributed by atoms with van der Waals surface area (Å²) in [4.78, 5) is 0. The van der Waals surface area contributed by atoms with E-state index in [2.05, 4.69) is 5.32 Å². The third kappa shape index (κ3) is 4.18. The molecule has 0 aliphatic carbocycles. The van der Waals surface area contributed by atoms with Gasteiger partial charge in [0.25, 0.3) is 0 Å². The highest BCUT2D eigenvalue weighted by molar-refractivity contribution is 5.66. The first-order chi connectivity index (χ1) is 7.22. The molecule has 1 heterocycles. The van der Waals surface area contributed by atoms with Crippen molar-refractivity contribution in [3.05, 3.63) is 23.8 Å². The molecule has 84 valence electrons. The van der Waals surface area contributed by atoms with Crippen molar-refractivity contribution in [3.63, 3.8) is 0 Å². The maximum Gasteiger partial charge on any atom is 0.0591 e. The smallest absolute Gasteiger partial charge is 0.0591 e. The number of ether oxygens (including phenoxy) is 1. The molecule has 0 unspecified atom stereocenters. The van der Waals surface area contributed by atoms with Gasteiger partial charge in [0, 0.05) is 13.1 Å². The zero-order chi connectivity index (χ0) is 11.1. The van der Waals surface area contributed by atoms with E-state index in [1.807, 2.05) is 19.1 Å². The molecule has 1 aromatic rings. The maximum absolute atomic E-state index is 5.56. The molecule has 0 aromatic heterocycles. The second-order valence-corrected chi connectivity index (χ2v) is 3.44. The Morgan fingerprint density at radius 2 is 1.87 bits per heavy atom. The third-order valence-electron chi connectivity index (χ3n) is 2.20. The fourth-order valence-corrected chi connectivity index (χ4v) is 1.22. The van der Waals surface area contributed by atoms with Crippen LogP contribution >= 0.6 is 0 Å². The number of anilines is 2. The maximum atomic E-state index is 5.56. The lowest BCUT2D eigenvalue weighted by atomic mass is 10.2. The molecular formula is C11H19N3O. The van der Waals surface area contributed by atoms with Crippen molar-refractivity contribution in [2.45, 2.75) is 6.92 Å². The van der Waals surface area contributed by atoms with Gasteiger partial charge in [-0.3, -0.25) is 0 Å². The Morgan fingerprint density at radius 3 is 2.20 bits per heavy atom. The summed E-state index contributed by atoms with van der Waals surface area (Å²) in [5, 5.41) is 3.16. The minimum atomic E-state index is 0.662. The second-order valence-electron chi connectivity index (χ2n) is 3.44. The van der Waals surface area contributed by atoms with Gasteiger partial charge >= 0.3 is 0 Å². The molecule has 0 spiro atoms. The van der Waals surface area contributed by atoms with Gasteiger partial charge < -0.3 is 21.5 Å². The van der Waals surface area contributed by atoms with Crippen molar-refractivity contribution in [3.8, 4) is 0 Å². The normalized spacial score (nSPS) is 15.3. The van der Waals surface area contributed by atoms with Crippen molar-refractivity contribution < 1.29 is 4.74 Å². The standard InChI is InChI=1S/C7H10N2.C4H9NO/c1-5-3-2-4-6(8)7(5)9;1-3-6-4-2-5-1/h2-4H,8-9H2,1H3;5H,1-4H2. The molecule has 5 N–H and O–H groups in total. The van der Waals surface area contributed by atoms with Crippen LogP contribution in [0.3, 0.4) is 0 Å². The molecule has 0 atom stereocenters. The third-order valence-corrected chi connectivity index (χ3v) is 2.20. The molecular weight excluding hydrogens is 190 g/mol. The molecule has 0 saturated carbocycles. The van der Waals surface area contributed by atoms with Crippen LogP contribution in [0.25, 0.3) is 0 Å². The van der Waals surface area contributed by atoms with Gasteiger partial charge in [-0.25, -0.2) is 0 Å². The van der Waals surface area contributed by atoms with Crippen LogP contribution in [0.5, 0.6) is 0 Å². The Bertz CT molecular complexity index is 266. The number of nitrogens with two attached hydrogens (primary N) is 2. The highest BCUT2D eigenvalue weighted by atomic mass is 16.5. The topological polar surface area (TPSA) is 73.3 Å². The first kappa shape index (κ1) is 11.8. The van der Waals surface area contributed by atoms with Gasteiger partial charge in [0.2, 0.25) is 0 Å². The SMILES string of the molecule is C1COCCN1.Cc1cccc(N)c1N. The summed E-state index contributed by atoms with van der Waals surface area (Å²) in [6, 6.07) is 5.62. The minimum Gasteiger partial charge on any atom is -0.397 e. The number of hydrogen-bond acceptors (Lipinski definition) is 4. The van der Waals surface area contributed by atoms with Crippen LogP contribution in [0.1, 0.15) is 5.56 Å². The van der Waals surface area contributed by atoms with E-state index < -0.39 is 0 Å². The number of morpholine rings is 1. The summed E-state index contributed by atoms with van der Waals surface area (Å²) in [6.45, 7) is 5.77. The summed E-state index contributed by atoms with van der Waals surface area (Å²) in [6.07, 6.45) is 0. The predicted molar refractivity (Wildman–Crippen MR) is 63.7 cm³/mol. The number of nitrogens with one attached hydrogen (secondary N) is 1. The van der Waals surface area contributed by atoms with E-state index in [1.54, 1.807) is 6.07 Å². The highest BCUT2D eigenvalue weighted by Gasteiger charge is 1.93. The molecule has 4 heteroatoms. The van der Waals surface area contributed by atoms with Crippen molar-refractivity contribution in [2.75, 3.05) is 37.8 Å². The van der Waals surface area contributed by atoms with E-state index in [9.17, 15) is 0 Å². The molecule has 0 radical (unpaired) electrons. The van der Waals surface area contributed by atoms with Gasteiger partial charge in [0.1, 0.15) is 0 Å². The lowest BCUT2D eigenvalue weighted by Crippen LogP contribution is -2.30. The van der Waals surface area contributed by atoms with Crippen molar-refractivity contribution >= 4 is 11.4 Å². The van der Waals surface area contributed by atoms with E-state index in [1.165, 1.54) is 0 Å². The highest BCUT2D eigenvalue weighted by Crippen LogP contribution is 2.17. The van der Waals surface area contributed by atoms with E-state index in [0.717, 1.165) is 31.9 Å². The van der Waals surface area contributed by atoms with Gasteiger partial charge in [-0.1, -0.05) is 12.1 Å². The first-order valence-electron chi connectivity index (χ1n) is 5.11. The predicted octanol–water partition coefficient (Wildman–Crippen LogP) is 0.766. The Labute approximate surface area is 90.6 Å². The fraction of sp³-hybridized carbons (Fsp3) is 0.455. The van der Waals surface area contributed by atoms with Crippen molar-refractivity contribution in [1.29, 1.82) is 0 Å².